The van der Waals surface area contributed by atoms with Crippen LogP contribution in [0.4, 0.5) is 0 Å². The Morgan fingerprint density at radius 3 is 2.67 bits per heavy atom. The first-order chi connectivity index (χ1) is 8.66. The molecule has 0 radical (unpaired) electrons. The molecule has 2 aromatic heterocycles. The first-order valence-corrected chi connectivity index (χ1v) is 6.03. The van der Waals surface area contributed by atoms with Crippen molar-refractivity contribution in [1.82, 2.24) is 30.0 Å². The fourth-order valence-electron chi connectivity index (χ4n) is 1.64. The van der Waals surface area contributed by atoms with Gasteiger partial charge in [-0.3, -0.25) is 9.97 Å². The van der Waals surface area contributed by atoms with Gasteiger partial charge in [-0.15, -0.1) is 0 Å². The summed E-state index contributed by atoms with van der Waals surface area (Å²) >= 11 is 0. The van der Waals surface area contributed by atoms with E-state index in [2.05, 4.69) is 39.2 Å². The zero-order chi connectivity index (χ0) is 13.0. The highest BCUT2D eigenvalue weighted by Gasteiger charge is 2.06. The summed E-state index contributed by atoms with van der Waals surface area (Å²) in [6.45, 7) is 7.45. The van der Waals surface area contributed by atoms with Gasteiger partial charge in [0.05, 0.1) is 17.9 Å². The molecule has 0 amide bonds. The molecule has 0 spiro atoms. The van der Waals surface area contributed by atoms with Crippen molar-refractivity contribution in [2.45, 2.75) is 39.9 Å². The number of hydrogen-bond donors (Lipinski definition) is 1. The van der Waals surface area contributed by atoms with Gasteiger partial charge in [-0.25, -0.2) is 9.67 Å². The van der Waals surface area contributed by atoms with Gasteiger partial charge in [-0.1, -0.05) is 0 Å². The van der Waals surface area contributed by atoms with Gasteiger partial charge in [0.2, 0.25) is 0 Å². The Kier molecular flexibility index (Phi) is 3.99. The standard InChI is InChI=1S/C12H18N6/c1-9(2)18-12(16-8-17-18)7-13-5-11-6-14-10(3)4-15-11/h4,6,8-9,13H,5,7H2,1-3H3. The molecule has 0 saturated heterocycles. The van der Waals surface area contributed by atoms with Gasteiger partial charge in [0.25, 0.3) is 0 Å². The van der Waals surface area contributed by atoms with E-state index in [0.29, 0.717) is 19.1 Å². The molecule has 0 aliphatic rings. The number of nitrogens with zero attached hydrogens (tertiary/aromatic N) is 5. The third kappa shape index (κ3) is 3.10. The Hall–Kier alpha value is -1.82. The summed E-state index contributed by atoms with van der Waals surface area (Å²) in [5, 5.41) is 7.48. The Balaban J connectivity index is 1.88. The van der Waals surface area contributed by atoms with Crippen molar-refractivity contribution >= 4 is 0 Å². The van der Waals surface area contributed by atoms with E-state index in [4.69, 9.17) is 0 Å². The summed E-state index contributed by atoms with van der Waals surface area (Å²) < 4.78 is 1.91. The average molecular weight is 246 g/mol. The van der Waals surface area contributed by atoms with Gasteiger partial charge in [0.1, 0.15) is 12.2 Å². The monoisotopic (exact) mass is 246 g/mol. The molecule has 18 heavy (non-hydrogen) atoms. The normalized spacial score (nSPS) is 11.1. The second-order valence-corrected chi connectivity index (χ2v) is 4.47. The SMILES string of the molecule is Cc1cnc(CNCc2ncnn2C(C)C)cn1. The van der Waals surface area contributed by atoms with Crippen LogP contribution in [0.2, 0.25) is 0 Å². The summed E-state index contributed by atoms with van der Waals surface area (Å²) in [5.41, 5.74) is 1.86. The molecule has 1 N–H and O–H groups in total. The van der Waals surface area contributed by atoms with E-state index in [9.17, 15) is 0 Å². The van der Waals surface area contributed by atoms with Gasteiger partial charge < -0.3 is 5.32 Å². The lowest BCUT2D eigenvalue weighted by molar-refractivity contribution is 0.489. The van der Waals surface area contributed by atoms with Gasteiger partial charge in [-0.05, 0) is 20.8 Å². The summed E-state index contributed by atoms with van der Waals surface area (Å²) in [4.78, 5) is 12.7. The van der Waals surface area contributed by atoms with Crippen LogP contribution in [-0.2, 0) is 13.1 Å². The number of aromatic nitrogens is 5. The molecule has 0 bridgehead atoms. The highest BCUT2D eigenvalue weighted by molar-refractivity contribution is 5.00. The molecule has 2 rings (SSSR count). The van der Waals surface area contributed by atoms with Crippen molar-refractivity contribution in [1.29, 1.82) is 0 Å². The Labute approximate surface area is 106 Å². The minimum absolute atomic E-state index is 0.323. The molecule has 0 saturated carbocycles. The summed E-state index contributed by atoms with van der Waals surface area (Å²) in [7, 11) is 0. The summed E-state index contributed by atoms with van der Waals surface area (Å²) in [5.74, 6) is 0.935. The van der Waals surface area contributed by atoms with Crippen molar-refractivity contribution < 1.29 is 0 Å². The molecule has 0 aliphatic carbocycles. The summed E-state index contributed by atoms with van der Waals surface area (Å²) in [6.07, 6.45) is 5.14. The minimum atomic E-state index is 0.323. The van der Waals surface area contributed by atoms with Crippen LogP contribution in [0.5, 0.6) is 0 Å². The molecule has 0 aliphatic heterocycles. The third-order valence-electron chi connectivity index (χ3n) is 2.56. The smallest absolute Gasteiger partial charge is 0.141 e. The van der Waals surface area contributed by atoms with E-state index >= 15 is 0 Å². The lowest BCUT2D eigenvalue weighted by Crippen LogP contribution is -2.19. The van der Waals surface area contributed by atoms with E-state index < -0.39 is 0 Å². The fourth-order valence-corrected chi connectivity index (χ4v) is 1.64. The topological polar surface area (TPSA) is 68.5 Å². The molecule has 96 valence electrons. The van der Waals surface area contributed by atoms with Gasteiger partial charge in [0, 0.05) is 25.0 Å². The Morgan fingerprint density at radius 1 is 1.17 bits per heavy atom. The molecular weight excluding hydrogens is 228 g/mol. The minimum Gasteiger partial charge on any atom is -0.304 e. The maximum Gasteiger partial charge on any atom is 0.141 e. The quantitative estimate of drug-likeness (QED) is 0.859. The maximum atomic E-state index is 4.29. The van der Waals surface area contributed by atoms with Crippen LogP contribution < -0.4 is 5.32 Å². The van der Waals surface area contributed by atoms with Crippen LogP contribution in [0.15, 0.2) is 18.7 Å². The van der Waals surface area contributed by atoms with E-state index in [0.717, 1.165) is 17.2 Å². The van der Waals surface area contributed by atoms with Crippen LogP contribution in [0, 0.1) is 6.92 Å². The van der Waals surface area contributed by atoms with Gasteiger partial charge in [0.15, 0.2) is 0 Å². The molecule has 0 aromatic carbocycles. The van der Waals surface area contributed by atoms with Crippen LogP contribution in [0.1, 0.15) is 37.1 Å². The highest BCUT2D eigenvalue weighted by atomic mass is 15.4. The second kappa shape index (κ2) is 5.68. The molecular formula is C12H18N6. The molecule has 0 fully saturated rings. The number of aryl methyl sites for hydroxylation is 1. The maximum absolute atomic E-state index is 4.29. The molecule has 6 nitrogen and oxygen atoms in total. The molecule has 0 atom stereocenters. The van der Waals surface area contributed by atoms with Crippen LogP contribution in [0.25, 0.3) is 0 Å². The van der Waals surface area contributed by atoms with E-state index in [1.54, 1.807) is 18.7 Å². The lowest BCUT2D eigenvalue weighted by Gasteiger charge is -2.09. The third-order valence-corrected chi connectivity index (χ3v) is 2.56. The van der Waals surface area contributed by atoms with Crippen molar-refractivity contribution in [3.63, 3.8) is 0 Å². The number of rotatable bonds is 5. The molecule has 2 aromatic rings. The highest BCUT2D eigenvalue weighted by Crippen LogP contribution is 2.04. The summed E-state index contributed by atoms with van der Waals surface area (Å²) in [6, 6.07) is 0.323. The molecule has 0 unspecified atom stereocenters. The first kappa shape index (κ1) is 12.6. The zero-order valence-electron chi connectivity index (χ0n) is 11.0. The van der Waals surface area contributed by atoms with Gasteiger partial charge in [-0.2, -0.15) is 5.10 Å². The zero-order valence-corrected chi connectivity index (χ0v) is 11.0. The Morgan fingerprint density at radius 2 is 2.00 bits per heavy atom. The van der Waals surface area contributed by atoms with Gasteiger partial charge >= 0.3 is 0 Å². The van der Waals surface area contributed by atoms with Crippen LogP contribution in [-0.4, -0.2) is 24.7 Å². The number of nitrogens with one attached hydrogen (secondary N) is 1. The van der Waals surface area contributed by atoms with Crippen molar-refractivity contribution in [2.24, 2.45) is 0 Å². The second-order valence-electron chi connectivity index (χ2n) is 4.47. The van der Waals surface area contributed by atoms with Crippen LogP contribution in [0.3, 0.4) is 0 Å². The number of hydrogen-bond acceptors (Lipinski definition) is 5. The van der Waals surface area contributed by atoms with Crippen molar-refractivity contribution in [3.05, 3.63) is 35.9 Å². The lowest BCUT2D eigenvalue weighted by atomic mass is 10.4. The van der Waals surface area contributed by atoms with E-state index in [1.807, 2.05) is 11.6 Å². The predicted octanol–water partition coefficient (Wildman–Crippen LogP) is 1.25. The molecule has 6 heteroatoms. The van der Waals surface area contributed by atoms with Crippen molar-refractivity contribution in [3.8, 4) is 0 Å². The van der Waals surface area contributed by atoms with Crippen LogP contribution >= 0.6 is 0 Å². The van der Waals surface area contributed by atoms with E-state index in [-0.39, 0.29) is 0 Å². The first-order valence-electron chi connectivity index (χ1n) is 6.03. The molecule has 2 heterocycles. The predicted molar refractivity (Wildman–Crippen MR) is 67.7 cm³/mol. The Bertz CT molecular complexity index is 488. The largest absolute Gasteiger partial charge is 0.304 e. The van der Waals surface area contributed by atoms with E-state index in [1.165, 1.54) is 0 Å². The fraction of sp³-hybridized carbons (Fsp3) is 0.500. The average Bonchev–Trinajstić information content (AvgIpc) is 2.80. The van der Waals surface area contributed by atoms with Crippen molar-refractivity contribution in [2.75, 3.05) is 0 Å².